The first kappa shape index (κ1) is 9.99. The summed E-state index contributed by atoms with van der Waals surface area (Å²) >= 11 is 3.32. The summed E-state index contributed by atoms with van der Waals surface area (Å²) in [6.45, 7) is 0. The van der Waals surface area contributed by atoms with E-state index in [0.717, 1.165) is 16.1 Å². The number of carboxylic acid groups (broad SMARTS) is 1. The minimum Gasteiger partial charge on any atom is -0.478 e. The molecule has 1 rings (SSSR count). The maximum atomic E-state index is 10.1. The number of benzene rings is 1. The molecule has 1 aromatic carbocycles. The molecule has 0 heterocycles. The molecule has 0 atom stereocenters. The van der Waals surface area contributed by atoms with Crippen molar-refractivity contribution in [3.8, 4) is 0 Å². The quantitative estimate of drug-likeness (QED) is 0.826. The second-order valence-corrected chi connectivity index (χ2v) is 3.49. The molecular formula is C10H9BrO2. The van der Waals surface area contributed by atoms with E-state index >= 15 is 0 Å². The molecular weight excluding hydrogens is 232 g/mol. The van der Waals surface area contributed by atoms with Gasteiger partial charge in [-0.1, -0.05) is 34.1 Å². The van der Waals surface area contributed by atoms with Crippen LogP contribution >= 0.6 is 15.9 Å². The fourth-order valence-electron chi connectivity index (χ4n) is 0.916. The number of allylic oxidation sites excluding steroid dienone is 1. The summed E-state index contributed by atoms with van der Waals surface area (Å²) in [6, 6.07) is 7.78. The van der Waals surface area contributed by atoms with Gasteiger partial charge >= 0.3 is 5.97 Å². The van der Waals surface area contributed by atoms with Gasteiger partial charge in [0.2, 0.25) is 0 Å². The summed E-state index contributed by atoms with van der Waals surface area (Å²) in [5.41, 5.74) is 1.10. The summed E-state index contributed by atoms with van der Waals surface area (Å²) in [6.07, 6.45) is 3.44. The predicted octanol–water partition coefficient (Wildman–Crippen LogP) is 2.63. The molecule has 0 unspecified atom stereocenters. The lowest BCUT2D eigenvalue weighted by Crippen LogP contribution is -1.87. The van der Waals surface area contributed by atoms with Crippen LogP contribution in [-0.2, 0) is 11.2 Å². The first-order valence-electron chi connectivity index (χ1n) is 3.82. The Bertz CT molecular complexity index is 314. The highest BCUT2D eigenvalue weighted by Gasteiger charge is 1.90. The summed E-state index contributed by atoms with van der Waals surface area (Å²) in [4.78, 5) is 10.1. The molecule has 2 nitrogen and oxygen atoms in total. The normalized spacial score (nSPS) is 10.5. The van der Waals surface area contributed by atoms with Crippen molar-refractivity contribution in [2.75, 3.05) is 0 Å². The monoisotopic (exact) mass is 240 g/mol. The van der Waals surface area contributed by atoms with Gasteiger partial charge in [0.15, 0.2) is 0 Å². The van der Waals surface area contributed by atoms with E-state index in [1.165, 1.54) is 0 Å². The minimum absolute atomic E-state index is 0.652. The Hall–Kier alpha value is -1.09. The molecule has 13 heavy (non-hydrogen) atoms. The summed E-state index contributed by atoms with van der Waals surface area (Å²) in [7, 11) is 0. The maximum Gasteiger partial charge on any atom is 0.327 e. The zero-order valence-electron chi connectivity index (χ0n) is 6.90. The van der Waals surface area contributed by atoms with E-state index in [4.69, 9.17) is 5.11 Å². The highest BCUT2D eigenvalue weighted by Crippen LogP contribution is 2.10. The number of carbonyl (C=O) groups is 1. The van der Waals surface area contributed by atoms with Crippen LogP contribution in [0.25, 0.3) is 0 Å². The van der Waals surface area contributed by atoms with Gasteiger partial charge < -0.3 is 5.11 Å². The SMILES string of the molecule is O=C(O)C=CCc1ccc(Br)cc1. The first-order valence-corrected chi connectivity index (χ1v) is 4.61. The summed E-state index contributed by atoms with van der Waals surface area (Å²) < 4.78 is 1.03. The van der Waals surface area contributed by atoms with Crippen molar-refractivity contribution in [3.63, 3.8) is 0 Å². The Balaban J connectivity index is 2.55. The molecule has 0 amide bonds. The zero-order valence-corrected chi connectivity index (χ0v) is 8.49. The van der Waals surface area contributed by atoms with Crippen LogP contribution in [0.15, 0.2) is 40.9 Å². The number of hydrogen-bond donors (Lipinski definition) is 1. The van der Waals surface area contributed by atoms with Crippen LogP contribution in [0.3, 0.4) is 0 Å². The third-order valence-corrected chi connectivity index (χ3v) is 2.06. The van der Waals surface area contributed by atoms with E-state index in [1.54, 1.807) is 6.08 Å². The summed E-state index contributed by atoms with van der Waals surface area (Å²) in [5, 5.41) is 8.34. The molecule has 0 aliphatic rings. The van der Waals surface area contributed by atoms with Crippen molar-refractivity contribution in [2.45, 2.75) is 6.42 Å². The molecule has 0 saturated heterocycles. The van der Waals surface area contributed by atoms with E-state index in [0.29, 0.717) is 6.42 Å². The van der Waals surface area contributed by atoms with Crippen molar-refractivity contribution >= 4 is 21.9 Å². The number of aliphatic carboxylic acids is 1. The van der Waals surface area contributed by atoms with Crippen molar-refractivity contribution < 1.29 is 9.90 Å². The van der Waals surface area contributed by atoms with Crippen LogP contribution in [0.5, 0.6) is 0 Å². The molecule has 0 fully saturated rings. The van der Waals surface area contributed by atoms with Gasteiger partial charge in [-0.2, -0.15) is 0 Å². The standard InChI is InChI=1S/C10H9BrO2/c11-9-6-4-8(5-7-9)2-1-3-10(12)13/h1,3-7H,2H2,(H,12,13). The highest BCUT2D eigenvalue weighted by molar-refractivity contribution is 9.10. The van der Waals surface area contributed by atoms with E-state index < -0.39 is 5.97 Å². The average Bonchev–Trinajstić information content (AvgIpc) is 2.08. The molecule has 0 bridgehead atoms. The number of halogens is 1. The third kappa shape index (κ3) is 3.90. The lowest BCUT2D eigenvalue weighted by Gasteiger charge is -1.95. The molecule has 0 saturated carbocycles. The minimum atomic E-state index is -0.905. The topological polar surface area (TPSA) is 37.3 Å². The van der Waals surface area contributed by atoms with Crippen LogP contribution < -0.4 is 0 Å². The Labute approximate surface area is 85.0 Å². The fourth-order valence-corrected chi connectivity index (χ4v) is 1.18. The van der Waals surface area contributed by atoms with Gasteiger partial charge in [-0.25, -0.2) is 4.79 Å². The van der Waals surface area contributed by atoms with Crippen LogP contribution in [0.2, 0.25) is 0 Å². The lowest BCUT2D eigenvalue weighted by atomic mass is 10.1. The zero-order chi connectivity index (χ0) is 9.68. The number of carboxylic acids is 1. The first-order chi connectivity index (χ1) is 6.18. The second-order valence-electron chi connectivity index (χ2n) is 2.57. The summed E-state index contributed by atoms with van der Waals surface area (Å²) in [5.74, 6) is -0.905. The molecule has 0 radical (unpaired) electrons. The Morgan fingerprint density at radius 2 is 2.00 bits per heavy atom. The molecule has 0 aliphatic heterocycles. The average molecular weight is 241 g/mol. The maximum absolute atomic E-state index is 10.1. The predicted molar refractivity (Wildman–Crippen MR) is 54.6 cm³/mol. The van der Waals surface area contributed by atoms with E-state index in [1.807, 2.05) is 24.3 Å². The van der Waals surface area contributed by atoms with E-state index in [9.17, 15) is 4.79 Å². The van der Waals surface area contributed by atoms with Crippen molar-refractivity contribution in [1.82, 2.24) is 0 Å². The van der Waals surface area contributed by atoms with Crippen LogP contribution in [0.1, 0.15) is 5.56 Å². The number of rotatable bonds is 3. The van der Waals surface area contributed by atoms with Gasteiger partial charge in [-0.3, -0.25) is 0 Å². The second kappa shape index (κ2) is 4.82. The molecule has 0 spiro atoms. The molecule has 0 aromatic heterocycles. The van der Waals surface area contributed by atoms with E-state index in [2.05, 4.69) is 15.9 Å². The highest BCUT2D eigenvalue weighted by atomic mass is 79.9. The van der Waals surface area contributed by atoms with Crippen molar-refractivity contribution in [2.24, 2.45) is 0 Å². The molecule has 68 valence electrons. The molecule has 3 heteroatoms. The smallest absolute Gasteiger partial charge is 0.327 e. The molecule has 1 N–H and O–H groups in total. The van der Waals surface area contributed by atoms with E-state index in [-0.39, 0.29) is 0 Å². The molecule has 0 aliphatic carbocycles. The van der Waals surface area contributed by atoms with Gasteiger partial charge in [0.1, 0.15) is 0 Å². The van der Waals surface area contributed by atoms with Crippen LogP contribution in [-0.4, -0.2) is 11.1 Å². The lowest BCUT2D eigenvalue weighted by molar-refractivity contribution is -0.131. The van der Waals surface area contributed by atoms with Gasteiger partial charge in [-0.15, -0.1) is 0 Å². The molecule has 1 aromatic rings. The Morgan fingerprint density at radius 1 is 1.38 bits per heavy atom. The third-order valence-electron chi connectivity index (χ3n) is 1.53. The Kier molecular flexibility index (Phi) is 3.71. The van der Waals surface area contributed by atoms with Crippen molar-refractivity contribution in [3.05, 3.63) is 46.5 Å². The van der Waals surface area contributed by atoms with Gasteiger partial charge in [-0.05, 0) is 24.1 Å². The fraction of sp³-hybridized carbons (Fsp3) is 0.100. The largest absolute Gasteiger partial charge is 0.478 e. The van der Waals surface area contributed by atoms with Gasteiger partial charge in [0.25, 0.3) is 0 Å². The van der Waals surface area contributed by atoms with Gasteiger partial charge in [0.05, 0.1) is 0 Å². The van der Waals surface area contributed by atoms with Crippen LogP contribution in [0, 0.1) is 0 Å². The van der Waals surface area contributed by atoms with Gasteiger partial charge in [0, 0.05) is 10.5 Å². The van der Waals surface area contributed by atoms with Crippen LogP contribution in [0.4, 0.5) is 0 Å². The number of hydrogen-bond acceptors (Lipinski definition) is 1. The van der Waals surface area contributed by atoms with Crippen molar-refractivity contribution in [1.29, 1.82) is 0 Å². The Morgan fingerprint density at radius 3 is 2.54 bits per heavy atom.